The molecule has 2 aromatic carbocycles. The molecule has 3 aromatic heterocycles. The molecule has 5 aromatic rings. The second-order valence-corrected chi connectivity index (χ2v) is 10.0. The summed E-state index contributed by atoms with van der Waals surface area (Å²) < 4.78 is 59.9. The number of fused-ring (bicyclic) bond motifs is 1. The maximum Gasteiger partial charge on any atom is 0.263 e. The summed E-state index contributed by atoms with van der Waals surface area (Å²) in [4.78, 5) is 16.9. The number of nitrogens with one attached hydrogen (secondary N) is 1. The number of sulfonamides is 1. The fraction of sp³-hybridized carbons (Fsp3) is 0.0800. The van der Waals surface area contributed by atoms with Gasteiger partial charge in [-0.3, -0.25) is 14.1 Å². The van der Waals surface area contributed by atoms with Crippen molar-refractivity contribution in [2.45, 2.75) is 4.90 Å². The molecule has 0 saturated heterocycles. The van der Waals surface area contributed by atoms with Crippen LogP contribution in [0.4, 0.5) is 10.2 Å². The molecule has 0 atom stereocenters. The normalized spacial score (nSPS) is 11.5. The van der Waals surface area contributed by atoms with Crippen LogP contribution >= 0.6 is 11.6 Å². The summed E-state index contributed by atoms with van der Waals surface area (Å²) in [5, 5.41) is 4.14. The van der Waals surface area contributed by atoms with Crippen molar-refractivity contribution < 1.29 is 26.8 Å². The van der Waals surface area contributed by atoms with E-state index in [2.05, 4.69) is 19.4 Å². The van der Waals surface area contributed by atoms with Crippen molar-refractivity contribution >= 4 is 38.3 Å². The van der Waals surface area contributed by atoms with Crippen molar-refractivity contribution in [3.63, 3.8) is 0 Å². The van der Waals surface area contributed by atoms with E-state index in [1.165, 1.54) is 79.8 Å². The molecule has 0 fully saturated rings. The topological polar surface area (TPSA) is 126 Å². The zero-order valence-corrected chi connectivity index (χ0v) is 21.4. The van der Waals surface area contributed by atoms with Crippen molar-refractivity contribution in [2.24, 2.45) is 0 Å². The van der Waals surface area contributed by atoms with Crippen molar-refractivity contribution in [3.05, 3.63) is 88.3 Å². The number of rotatable bonds is 7. The summed E-state index contributed by atoms with van der Waals surface area (Å²) in [7, 11) is -1.20. The number of methoxy groups -OCH3 is 2. The number of hydrogen-bond acceptors (Lipinski definition) is 8. The van der Waals surface area contributed by atoms with Gasteiger partial charge in [-0.1, -0.05) is 16.8 Å². The van der Waals surface area contributed by atoms with Crippen LogP contribution in [-0.4, -0.2) is 37.3 Å². The molecule has 0 unspecified atom stereocenters. The molecule has 3 heterocycles. The number of hydrogen-bond donors (Lipinski definition) is 1. The smallest absolute Gasteiger partial charge is 0.263 e. The largest absolute Gasteiger partial charge is 0.495 e. The van der Waals surface area contributed by atoms with E-state index in [0.29, 0.717) is 16.5 Å². The summed E-state index contributed by atoms with van der Waals surface area (Å²) in [5.74, 6) is -0.258. The first-order valence-electron chi connectivity index (χ1n) is 10.9. The molecule has 0 amide bonds. The molecule has 194 valence electrons. The number of aromatic nitrogens is 3. The Kier molecular flexibility index (Phi) is 6.51. The molecule has 0 radical (unpaired) electrons. The molecule has 38 heavy (non-hydrogen) atoms. The molecule has 10 nitrogen and oxygen atoms in total. The van der Waals surface area contributed by atoms with E-state index in [9.17, 15) is 13.2 Å². The molecule has 0 aliphatic rings. The highest BCUT2D eigenvalue weighted by molar-refractivity contribution is 7.92. The molecule has 0 aliphatic heterocycles. The van der Waals surface area contributed by atoms with Crippen LogP contribution in [0.15, 0.2) is 81.3 Å². The van der Waals surface area contributed by atoms with Crippen molar-refractivity contribution in [3.8, 4) is 28.4 Å². The van der Waals surface area contributed by atoms with E-state index < -0.39 is 21.4 Å². The van der Waals surface area contributed by atoms with Crippen LogP contribution in [0.2, 0.25) is 5.02 Å². The first kappa shape index (κ1) is 25.2. The van der Waals surface area contributed by atoms with Gasteiger partial charge >= 0.3 is 0 Å². The lowest BCUT2D eigenvalue weighted by molar-refractivity contribution is 0.398. The van der Waals surface area contributed by atoms with Crippen LogP contribution < -0.4 is 19.8 Å². The fourth-order valence-corrected chi connectivity index (χ4v) is 5.16. The third kappa shape index (κ3) is 4.55. The Hall–Kier alpha value is -4.42. The molecular formula is C25H18ClFN4O6S. The van der Waals surface area contributed by atoms with Gasteiger partial charge in [0.05, 0.1) is 41.5 Å². The first-order chi connectivity index (χ1) is 18.2. The molecule has 0 bridgehead atoms. The summed E-state index contributed by atoms with van der Waals surface area (Å²) in [6.45, 7) is 0. The number of anilines is 1. The van der Waals surface area contributed by atoms with Gasteiger partial charge in [-0.2, -0.15) is 0 Å². The van der Waals surface area contributed by atoms with Crippen LogP contribution in [0, 0.1) is 5.82 Å². The number of pyridine rings is 2. The Balaban J connectivity index is 1.65. The van der Waals surface area contributed by atoms with Gasteiger partial charge in [-0.05, 0) is 30.3 Å². The minimum Gasteiger partial charge on any atom is -0.495 e. The van der Waals surface area contributed by atoms with Gasteiger partial charge in [0.15, 0.2) is 5.82 Å². The Morgan fingerprint density at radius 3 is 2.55 bits per heavy atom. The molecule has 0 spiro atoms. The average Bonchev–Trinajstić information content (AvgIpc) is 3.41. The van der Waals surface area contributed by atoms with Gasteiger partial charge in [0.1, 0.15) is 17.8 Å². The number of nitrogens with zero attached hydrogens (tertiary/aromatic N) is 3. The summed E-state index contributed by atoms with van der Waals surface area (Å²) in [6, 6.07) is 12.3. The second-order valence-electron chi connectivity index (χ2n) is 7.93. The summed E-state index contributed by atoms with van der Waals surface area (Å²) in [5.41, 5.74) is 0.380. The highest BCUT2D eigenvalue weighted by atomic mass is 35.5. The number of benzene rings is 2. The first-order valence-corrected chi connectivity index (χ1v) is 12.7. The molecule has 1 N–H and O–H groups in total. The number of ether oxygens (including phenoxy) is 2. The van der Waals surface area contributed by atoms with E-state index in [1.54, 1.807) is 0 Å². The minimum atomic E-state index is -4.00. The molecular weight excluding hydrogens is 539 g/mol. The van der Waals surface area contributed by atoms with Crippen LogP contribution in [0.5, 0.6) is 11.6 Å². The van der Waals surface area contributed by atoms with Gasteiger partial charge in [0.2, 0.25) is 5.88 Å². The van der Waals surface area contributed by atoms with Gasteiger partial charge in [0.25, 0.3) is 15.6 Å². The monoisotopic (exact) mass is 556 g/mol. The molecule has 5 rings (SSSR count). The van der Waals surface area contributed by atoms with Crippen LogP contribution in [0.25, 0.3) is 27.7 Å². The van der Waals surface area contributed by atoms with E-state index in [-0.39, 0.29) is 38.6 Å². The van der Waals surface area contributed by atoms with Crippen molar-refractivity contribution in [1.29, 1.82) is 0 Å². The highest BCUT2D eigenvalue weighted by Gasteiger charge is 2.21. The van der Waals surface area contributed by atoms with Crippen LogP contribution in [-0.2, 0) is 10.0 Å². The van der Waals surface area contributed by atoms with E-state index in [4.69, 9.17) is 21.1 Å². The van der Waals surface area contributed by atoms with Crippen LogP contribution in [0.3, 0.4) is 0 Å². The predicted molar refractivity (Wildman–Crippen MR) is 138 cm³/mol. The minimum absolute atomic E-state index is 0.0160. The summed E-state index contributed by atoms with van der Waals surface area (Å²) in [6.07, 6.45) is 2.57. The molecule has 13 heteroatoms. The lowest BCUT2D eigenvalue weighted by Gasteiger charge is -2.17. The van der Waals surface area contributed by atoms with Gasteiger partial charge < -0.3 is 14.0 Å². The van der Waals surface area contributed by atoms with E-state index in [0.717, 1.165) is 6.07 Å². The SMILES string of the molecule is COc1cc(-c2cc(OC)c(-n3c(=O)ccc4cc(S(=O)(=O)Nc5ccon5)ccc43)cc2F)c(Cl)cn1. The maximum atomic E-state index is 15.5. The maximum absolute atomic E-state index is 15.5. The Morgan fingerprint density at radius 1 is 1.03 bits per heavy atom. The zero-order valence-electron chi connectivity index (χ0n) is 19.8. The van der Waals surface area contributed by atoms with Crippen LogP contribution in [0.1, 0.15) is 0 Å². The lowest BCUT2D eigenvalue weighted by atomic mass is 10.0. The Labute approximate surface area is 220 Å². The third-order valence-electron chi connectivity index (χ3n) is 5.69. The third-order valence-corrected chi connectivity index (χ3v) is 7.35. The predicted octanol–water partition coefficient (Wildman–Crippen LogP) is 4.65. The van der Waals surface area contributed by atoms with Gasteiger partial charge in [-0.25, -0.2) is 17.8 Å². The van der Waals surface area contributed by atoms with Crippen molar-refractivity contribution in [1.82, 2.24) is 14.7 Å². The molecule has 0 saturated carbocycles. The Morgan fingerprint density at radius 2 is 1.84 bits per heavy atom. The number of halogens is 2. The van der Waals surface area contributed by atoms with E-state index >= 15 is 4.39 Å². The average molecular weight is 557 g/mol. The highest BCUT2D eigenvalue weighted by Crippen LogP contribution is 2.37. The molecule has 0 aliphatic carbocycles. The Bertz CT molecular complexity index is 1840. The second kappa shape index (κ2) is 9.80. The van der Waals surface area contributed by atoms with Crippen molar-refractivity contribution in [2.75, 3.05) is 18.9 Å². The lowest BCUT2D eigenvalue weighted by Crippen LogP contribution is -2.19. The van der Waals surface area contributed by atoms with E-state index in [1.807, 2.05) is 0 Å². The summed E-state index contributed by atoms with van der Waals surface area (Å²) >= 11 is 6.27. The van der Waals surface area contributed by atoms with Gasteiger partial charge in [0, 0.05) is 40.8 Å². The zero-order chi connectivity index (χ0) is 27.0. The fourth-order valence-electron chi connectivity index (χ4n) is 3.93. The quantitative estimate of drug-likeness (QED) is 0.307. The standard InChI is InChI=1S/C25H18ClFN4O6S/c1-35-22-10-17(16-11-24(36-2)28-13-18(16)26)19(27)12-21(22)31-20-5-4-15(9-14(20)3-6-25(31)32)38(33,34)30-23-7-8-37-29-23/h3-13H,1-2H3,(H,29,30). The van der Waals surface area contributed by atoms with Gasteiger partial charge in [-0.15, -0.1) is 0 Å².